The fourth-order valence-corrected chi connectivity index (χ4v) is 2.50. The summed E-state index contributed by atoms with van der Waals surface area (Å²) in [5, 5.41) is 8.35. The van der Waals surface area contributed by atoms with E-state index in [-0.39, 0.29) is 18.0 Å². The molecule has 0 aliphatic heterocycles. The first-order valence-electron chi connectivity index (χ1n) is 9.75. The van der Waals surface area contributed by atoms with Crippen LogP contribution in [0.1, 0.15) is 36.7 Å². The minimum absolute atomic E-state index is 0.0829. The largest absolute Gasteiger partial charge is 0.494 e. The van der Waals surface area contributed by atoms with Crippen molar-refractivity contribution < 1.29 is 19.1 Å². The van der Waals surface area contributed by atoms with Crippen molar-refractivity contribution in [1.29, 1.82) is 0 Å². The van der Waals surface area contributed by atoms with Gasteiger partial charge in [0.05, 0.1) is 13.2 Å². The maximum Gasteiger partial charge on any atom is 0.315 e. The molecule has 0 aliphatic rings. The number of amides is 3. The number of hydrogen-bond acceptors (Lipinski definition) is 4. The van der Waals surface area contributed by atoms with Gasteiger partial charge in [-0.3, -0.25) is 4.79 Å². The van der Waals surface area contributed by atoms with Crippen molar-refractivity contribution in [2.24, 2.45) is 0 Å². The molecule has 0 heterocycles. The molecule has 0 fully saturated rings. The average Bonchev–Trinajstić information content (AvgIpc) is 2.71. The Bertz CT molecular complexity index is 774. The Kier molecular flexibility index (Phi) is 8.82. The summed E-state index contributed by atoms with van der Waals surface area (Å²) in [6, 6.07) is 14.3. The Morgan fingerprint density at radius 3 is 2.10 bits per heavy atom. The maximum absolute atomic E-state index is 12.2. The zero-order valence-corrected chi connectivity index (χ0v) is 17.2. The van der Waals surface area contributed by atoms with Crippen molar-refractivity contribution in [1.82, 2.24) is 16.0 Å². The molecule has 0 aromatic heterocycles. The van der Waals surface area contributed by atoms with Crippen molar-refractivity contribution in [2.75, 3.05) is 19.8 Å². The van der Waals surface area contributed by atoms with E-state index < -0.39 is 0 Å². The van der Waals surface area contributed by atoms with Gasteiger partial charge in [0.25, 0.3) is 5.91 Å². The van der Waals surface area contributed by atoms with Gasteiger partial charge in [-0.05, 0) is 62.7 Å². The summed E-state index contributed by atoms with van der Waals surface area (Å²) >= 11 is 0. The predicted octanol–water partition coefficient (Wildman–Crippen LogP) is 3.10. The second kappa shape index (κ2) is 11.6. The number of hydrogen-bond donors (Lipinski definition) is 3. The van der Waals surface area contributed by atoms with Crippen LogP contribution >= 0.6 is 0 Å². The molecule has 156 valence electrons. The van der Waals surface area contributed by atoms with Crippen LogP contribution in [0.15, 0.2) is 48.5 Å². The summed E-state index contributed by atoms with van der Waals surface area (Å²) < 4.78 is 11.0. The quantitative estimate of drug-likeness (QED) is 0.536. The van der Waals surface area contributed by atoms with Crippen LogP contribution in [-0.4, -0.2) is 37.7 Å². The van der Waals surface area contributed by atoms with E-state index in [1.807, 2.05) is 57.2 Å². The van der Waals surface area contributed by atoms with Crippen LogP contribution in [0.25, 0.3) is 0 Å². The molecule has 7 nitrogen and oxygen atoms in total. The van der Waals surface area contributed by atoms with Crippen LogP contribution < -0.4 is 25.4 Å². The van der Waals surface area contributed by atoms with Crippen molar-refractivity contribution in [3.63, 3.8) is 0 Å². The SMILES string of the molecule is CCOc1ccc(OCCNC(=O)c2ccc(CNC(=O)NC(C)C)cc2)cc1. The second-order valence-corrected chi connectivity index (χ2v) is 6.69. The summed E-state index contributed by atoms with van der Waals surface area (Å²) in [7, 11) is 0. The Morgan fingerprint density at radius 2 is 1.52 bits per heavy atom. The summed E-state index contributed by atoms with van der Waals surface area (Å²) in [6.45, 7) is 7.52. The lowest BCUT2D eigenvalue weighted by atomic mass is 10.1. The van der Waals surface area contributed by atoms with Gasteiger partial charge in [0.1, 0.15) is 18.1 Å². The molecule has 0 atom stereocenters. The van der Waals surface area contributed by atoms with E-state index in [1.54, 1.807) is 12.1 Å². The van der Waals surface area contributed by atoms with Crippen LogP contribution in [0, 0.1) is 0 Å². The molecular formula is C22H29N3O4. The number of benzene rings is 2. The van der Waals surface area contributed by atoms with E-state index in [9.17, 15) is 9.59 Å². The fraction of sp³-hybridized carbons (Fsp3) is 0.364. The van der Waals surface area contributed by atoms with Gasteiger partial charge in [-0.2, -0.15) is 0 Å². The number of urea groups is 1. The van der Waals surface area contributed by atoms with Crippen LogP contribution in [0.3, 0.4) is 0 Å². The molecule has 3 N–H and O–H groups in total. The van der Waals surface area contributed by atoms with Crippen molar-refractivity contribution >= 4 is 11.9 Å². The third-order valence-corrected chi connectivity index (χ3v) is 3.88. The summed E-state index contributed by atoms with van der Waals surface area (Å²) in [5.74, 6) is 1.35. The van der Waals surface area contributed by atoms with Crippen molar-refractivity contribution in [3.05, 3.63) is 59.7 Å². The van der Waals surface area contributed by atoms with Crippen LogP contribution in [0.5, 0.6) is 11.5 Å². The van der Waals surface area contributed by atoms with Gasteiger partial charge in [-0.1, -0.05) is 12.1 Å². The molecule has 0 saturated heterocycles. The highest BCUT2D eigenvalue weighted by Gasteiger charge is 2.06. The topological polar surface area (TPSA) is 88.7 Å². The standard InChI is InChI=1S/C22H29N3O4/c1-4-28-19-9-11-20(12-10-19)29-14-13-23-21(26)18-7-5-17(6-8-18)15-24-22(27)25-16(2)3/h5-12,16H,4,13-15H2,1-3H3,(H,23,26)(H2,24,25,27). The molecule has 0 spiro atoms. The molecule has 0 saturated carbocycles. The Morgan fingerprint density at radius 1 is 0.897 bits per heavy atom. The third kappa shape index (κ3) is 8.13. The molecule has 0 bridgehead atoms. The van der Waals surface area contributed by atoms with Gasteiger partial charge in [-0.25, -0.2) is 4.79 Å². The highest BCUT2D eigenvalue weighted by atomic mass is 16.5. The van der Waals surface area contributed by atoms with E-state index in [1.165, 1.54) is 0 Å². The molecule has 2 aromatic carbocycles. The first-order chi connectivity index (χ1) is 14.0. The lowest BCUT2D eigenvalue weighted by Crippen LogP contribution is -2.39. The van der Waals surface area contributed by atoms with Crippen LogP contribution in [0.4, 0.5) is 4.79 Å². The zero-order valence-electron chi connectivity index (χ0n) is 17.2. The molecule has 29 heavy (non-hydrogen) atoms. The number of carbonyl (C=O) groups is 2. The lowest BCUT2D eigenvalue weighted by molar-refractivity contribution is 0.0947. The molecular weight excluding hydrogens is 370 g/mol. The molecule has 2 aromatic rings. The molecule has 2 rings (SSSR count). The van der Waals surface area contributed by atoms with Gasteiger partial charge in [0, 0.05) is 18.2 Å². The summed E-state index contributed by atoms with van der Waals surface area (Å²) in [5.41, 5.74) is 1.47. The average molecular weight is 399 g/mol. The molecule has 0 radical (unpaired) electrons. The maximum atomic E-state index is 12.2. The van der Waals surface area contributed by atoms with Crippen molar-refractivity contribution in [3.8, 4) is 11.5 Å². The third-order valence-electron chi connectivity index (χ3n) is 3.88. The van der Waals surface area contributed by atoms with Crippen molar-refractivity contribution in [2.45, 2.75) is 33.4 Å². The summed E-state index contributed by atoms with van der Waals surface area (Å²) in [4.78, 5) is 23.8. The fourth-order valence-electron chi connectivity index (χ4n) is 2.50. The van der Waals surface area contributed by atoms with Crippen LogP contribution in [0.2, 0.25) is 0 Å². The van der Waals surface area contributed by atoms with Crippen LogP contribution in [-0.2, 0) is 6.54 Å². The monoisotopic (exact) mass is 399 g/mol. The van der Waals surface area contributed by atoms with Gasteiger partial charge in [0.15, 0.2) is 0 Å². The van der Waals surface area contributed by atoms with E-state index in [4.69, 9.17) is 9.47 Å². The number of nitrogens with one attached hydrogen (secondary N) is 3. The molecule has 7 heteroatoms. The Hall–Kier alpha value is -3.22. The van der Waals surface area contributed by atoms with Gasteiger partial charge >= 0.3 is 6.03 Å². The first kappa shape index (κ1) is 22.1. The second-order valence-electron chi connectivity index (χ2n) is 6.69. The van der Waals surface area contributed by atoms with E-state index in [0.717, 1.165) is 17.1 Å². The van der Waals surface area contributed by atoms with E-state index >= 15 is 0 Å². The van der Waals surface area contributed by atoms with E-state index in [0.29, 0.717) is 31.9 Å². The van der Waals surface area contributed by atoms with Gasteiger partial charge in [0.2, 0.25) is 0 Å². The Labute approximate surface area is 171 Å². The molecule has 0 aliphatic carbocycles. The minimum atomic E-state index is -0.214. The molecule has 0 unspecified atom stereocenters. The van der Waals surface area contributed by atoms with Gasteiger partial charge < -0.3 is 25.4 Å². The number of rotatable bonds is 10. The van der Waals surface area contributed by atoms with Gasteiger partial charge in [-0.15, -0.1) is 0 Å². The highest BCUT2D eigenvalue weighted by molar-refractivity contribution is 5.94. The lowest BCUT2D eigenvalue weighted by Gasteiger charge is -2.11. The van der Waals surface area contributed by atoms with E-state index in [2.05, 4.69) is 16.0 Å². The normalized spacial score (nSPS) is 10.3. The highest BCUT2D eigenvalue weighted by Crippen LogP contribution is 2.17. The number of carbonyl (C=O) groups excluding carboxylic acids is 2. The zero-order chi connectivity index (χ0) is 21.1. The first-order valence-corrected chi connectivity index (χ1v) is 9.75. The minimum Gasteiger partial charge on any atom is -0.494 e. The smallest absolute Gasteiger partial charge is 0.315 e. The Balaban J connectivity index is 1.70. The predicted molar refractivity (Wildman–Crippen MR) is 112 cm³/mol. The number of ether oxygens (including phenoxy) is 2. The molecule has 3 amide bonds. The summed E-state index contributed by atoms with van der Waals surface area (Å²) in [6.07, 6.45) is 0.